The van der Waals surface area contributed by atoms with E-state index < -0.39 is 5.97 Å². The Morgan fingerprint density at radius 2 is 1.65 bits per heavy atom. The lowest BCUT2D eigenvalue weighted by Gasteiger charge is -2.36. The van der Waals surface area contributed by atoms with E-state index in [1.54, 1.807) is 7.11 Å². The number of carbonyl (C=O) groups excluding carboxylic acids is 1. The largest absolute Gasteiger partial charge is 0.550 e. The van der Waals surface area contributed by atoms with Crippen molar-refractivity contribution in [3.8, 4) is 0 Å². The van der Waals surface area contributed by atoms with Crippen LogP contribution in [0.25, 0.3) is 0 Å². The van der Waals surface area contributed by atoms with Crippen LogP contribution < -0.4 is 5.11 Å². The number of piperidine rings is 1. The lowest BCUT2D eigenvalue weighted by atomic mass is 10.1. The van der Waals surface area contributed by atoms with Crippen molar-refractivity contribution in [3.05, 3.63) is 12.7 Å². The first-order valence-electron chi connectivity index (χ1n) is 8.33. The van der Waals surface area contributed by atoms with Crippen LogP contribution in [0.2, 0.25) is 0 Å². The number of nitrogens with zero attached hydrogens (tertiary/aromatic N) is 1. The Morgan fingerprint density at radius 1 is 1.09 bits per heavy atom. The van der Waals surface area contributed by atoms with Crippen LogP contribution in [0.1, 0.15) is 25.7 Å². The van der Waals surface area contributed by atoms with Gasteiger partial charge in [-0.05, 0) is 25.3 Å². The zero-order chi connectivity index (χ0) is 17.4. The number of carboxylic acid groups (broad SMARTS) is 1. The fraction of sp³-hybridized carbons (Fsp3) is 0.824. The highest BCUT2D eigenvalue weighted by molar-refractivity contribution is 5.64. The van der Waals surface area contributed by atoms with E-state index in [2.05, 4.69) is 13.6 Å². The molecule has 136 valence electrons. The average molecular weight is 331 g/mol. The van der Waals surface area contributed by atoms with E-state index in [-0.39, 0.29) is 13.0 Å². The molecule has 23 heavy (non-hydrogen) atoms. The molecule has 1 fully saturated rings. The van der Waals surface area contributed by atoms with Gasteiger partial charge >= 0.3 is 0 Å². The van der Waals surface area contributed by atoms with Crippen LogP contribution in [0, 0.1) is 0 Å². The monoisotopic (exact) mass is 331 g/mol. The molecule has 1 aliphatic rings. The quantitative estimate of drug-likeness (QED) is 0.315. The Balaban J connectivity index is 0.000000433. The Morgan fingerprint density at radius 3 is 2.17 bits per heavy atom. The molecule has 6 nitrogen and oxygen atoms in total. The van der Waals surface area contributed by atoms with Crippen molar-refractivity contribution >= 4 is 5.97 Å². The third kappa shape index (κ3) is 14.4. The summed E-state index contributed by atoms with van der Waals surface area (Å²) in [6.07, 6.45) is 6.23. The number of rotatable bonds is 11. The first kappa shape index (κ1) is 22.1. The summed E-state index contributed by atoms with van der Waals surface area (Å²) < 4.78 is 16.0. The van der Waals surface area contributed by atoms with Gasteiger partial charge in [-0.3, -0.25) is 0 Å². The van der Waals surface area contributed by atoms with Crippen molar-refractivity contribution in [2.45, 2.75) is 25.7 Å². The highest BCUT2D eigenvalue weighted by Gasteiger charge is 2.22. The summed E-state index contributed by atoms with van der Waals surface area (Å²) in [5.41, 5.74) is 0. The highest BCUT2D eigenvalue weighted by Crippen LogP contribution is 2.15. The molecule has 0 radical (unpaired) electrons. The predicted molar refractivity (Wildman–Crippen MR) is 88.0 cm³/mol. The lowest BCUT2D eigenvalue weighted by Crippen LogP contribution is -2.47. The van der Waals surface area contributed by atoms with Gasteiger partial charge < -0.3 is 28.6 Å². The third-order valence-electron chi connectivity index (χ3n) is 3.72. The molecule has 0 aliphatic carbocycles. The zero-order valence-corrected chi connectivity index (χ0v) is 14.8. The van der Waals surface area contributed by atoms with Crippen LogP contribution in [0.3, 0.4) is 0 Å². The Hall–Kier alpha value is -0.950. The number of likely N-dealkylation sites (N-methyl/N-ethyl adjacent to an activating group) is 1. The van der Waals surface area contributed by atoms with E-state index in [4.69, 9.17) is 14.2 Å². The smallest absolute Gasteiger partial charge is 0.0969 e. The van der Waals surface area contributed by atoms with Crippen LogP contribution in [-0.2, 0) is 19.0 Å². The molecule has 0 saturated carbocycles. The molecule has 1 saturated heterocycles. The molecule has 0 spiro atoms. The second-order valence-corrected chi connectivity index (χ2v) is 5.94. The summed E-state index contributed by atoms with van der Waals surface area (Å²) in [6.45, 7) is 9.76. The fourth-order valence-electron chi connectivity index (χ4n) is 2.39. The molecule has 0 aromatic carbocycles. The fourth-order valence-corrected chi connectivity index (χ4v) is 2.39. The van der Waals surface area contributed by atoms with Crippen LogP contribution in [0.15, 0.2) is 12.7 Å². The van der Waals surface area contributed by atoms with E-state index in [1.165, 1.54) is 36.8 Å². The summed E-state index contributed by atoms with van der Waals surface area (Å²) in [7, 11) is 3.93. The molecule has 0 amide bonds. The summed E-state index contributed by atoms with van der Waals surface area (Å²) in [5, 5.41) is 9.93. The minimum absolute atomic E-state index is 0.0714. The van der Waals surface area contributed by atoms with Crippen molar-refractivity contribution < 1.29 is 28.6 Å². The number of carbonyl (C=O) groups is 1. The molecule has 6 heteroatoms. The van der Waals surface area contributed by atoms with Crippen molar-refractivity contribution in [1.82, 2.24) is 0 Å². The van der Waals surface area contributed by atoms with Crippen LogP contribution in [-0.4, -0.2) is 77.3 Å². The van der Waals surface area contributed by atoms with E-state index in [9.17, 15) is 9.90 Å². The molecule has 1 rings (SSSR count). The van der Waals surface area contributed by atoms with Crippen LogP contribution >= 0.6 is 0 Å². The first-order chi connectivity index (χ1) is 11.0. The minimum atomic E-state index is -1.10. The topological polar surface area (TPSA) is 67.8 Å². The van der Waals surface area contributed by atoms with Gasteiger partial charge in [0.2, 0.25) is 0 Å². The van der Waals surface area contributed by atoms with Crippen molar-refractivity contribution in [3.63, 3.8) is 0 Å². The van der Waals surface area contributed by atoms with Gasteiger partial charge in [-0.1, -0.05) is 6.58 Å². The number of quaternary nitrogens is 1. The van der Waals surface area contributed by atoms with Crippen molar-refractivity contribution in [2.24, 2.45) is 0 Å². The average Bonchev–Trinajstić information content (AvgIpc) is 2.51. The van der Waals surface area contributed by atoms with E-state index in [1.807, 2.05) is 6.08 Å². The number of methoxy groups -OCH3 is 1. The molecule has 0 bridgehead atoms. The van der Waals surface area contributed by atoms with Crippen molar-refractivity contribution in [2.75, 3.05) is 66.8 Å². The number of ether oxygens (including phenoxy) is 3. The van der Waals surface area contributed by atoms with E-state index in [0.717, 1.165) is 6.54 Å². The zero-order valence-electron chi connectivity index (χ0n) is 14.8. The molecule has 0 unspecified atom stereocenters. The van der Waals surface area contributed by atoms with Gasteiger partial charge in [0.15, 0.2) is 0 Å². The standard InChI is InChI=1S/C9H18N.C8H16O5/c1-3-7-10(2)8-5-4-6-9-10;1-11-4-5-13-7-6-12-3-2-8(9)10/h3H,1,4-9H2,2H3;2-7H2,1H3,(H,9,10)/q+1;/p-1. The van der Waals surface area contributed by atoms with Crippen molar-refractivity contribution in [1.29, 1.82) is 0 Å². The molecule has 0 N–H and O–H groups in total. The Bertz CT molecular complexity index is 303. The number of hydrogen-bond donors (Lipinski definition) is 0. The maximum atomic E-state index is 9.93. The van der Waals surface area contributed by atoms with Gasteiger partial charge in [0.1, 0.15) is 0 Å². The van der Waals surface area contributed by atoms with Crippen LogP contribution in [0.4, 0.5) is 0 Å². The third-order valence-corrected chi connectivity index (χ3v) is 3.72. The SMILES string of the molecule is C=CC[N+]1(C)CCCCC1.COCCOCCOCCC(=O)[O-]. The maximum Gasteiger partial charge on any atom is 0.0969 e. The number of aliphatic carboxylic acids is 1. The molecule has 0 atom stereocenters. The first-order valence-corrected chi connectivity index (χ1v) is 8.33. The predicted octanol–water partition coefficient (Wildman–Crippen LogP) is 0.609. The minimum Gasteiger partial charge on any atom is -0.550 e. The molecule has 1 heterocycles. The molecular formula is C17H33NO5. The van der Waals surface area contributed by atoms with Gasteiger partial charge in [0.05, 0.1) is 59.7 Å². The Kier molecular flexibility index (Phi) is 14.0. The highest BCUT2D eigenvalue weighted by atomic mass is 16.5. The summed E-state index contributed by atoms with van der Waals surface area (Å²) in [4.78, 5) is 9.93. The van der Waals surface area contributed by atoms with Crippen LogP contribution in [0.5, 0.6) is 0 Å². The second kappa shape index (κ2) is 14.6. The molecular weight excluding hydrogens is 298 g/mol. The Labute approximate surface area is 140 Å². The van der Waals surface area contributed by atoms with E-state index >= 15 is 0 Å². The van der Waals surface area contributed by atoms with Gasteiger partial charge in [0, 0.05) is 19.5 Å². The van der Waals surface area contributed by atoms with Gasteiger partial charge in [-0.2, -0.15) is 0 Å². The molecule has 1 aliphatic heterocycles. The summed E-state index contributed by atoms with van der Waals surface area (Å²) in [6, 6.07) is 0. The van der Waals surface area contributed by atoms with E-state index in [0.29, 0.717) is 26.4 Å². The second-order valence-electron chi connectivity index (χ2n) is 5.94. The molecule has 0 aromatic heterocycles. The number of likely N-dealkylation sites (tertiary alicyclic amines) is 1. The maximum absolute atomic E-state index is 9.93. The summed E-state index contributed by atoms with van der Waals surface area (Å²) in [5.74, 6) is -1.10. The van der Waals surface area contributed by atoms with Gasteiger partial charge in [-0.15, -0.1) is 0 Å². The lowest BCUT2D eigenvalue weighted by molar-refractivity contribution is -0.908. The summed E-state index contributed by atoms with van der Waals surface area (Å²) >= 11 is 0. The van der Waals surface area contributed by atoms with Gasteiger partial charge in [-0.25, -0.2) is 0 Å². The molecule has 0 aromatic rings. The number of hydrogen-bond acceptors (Lipinski definition) is 5. The van der Waals surface area contributed by atoms with Gasteiger partial charge in [0.25, 0.3) is 0 Å². The number of carboxylic acids is 1. The normalized spacial score (nSPS) is 16.3.